The molecule has 0 bridgehead atoms. The molecule has 2 aromatic carbocycles. The predicted molar refractivity (Wildman–Crippen MR) is 110 cm³/mol. The molecule has 0 unspecified atom stereocenters. The van der Waals surface area contributed by atoms with E-state index in [9.17, 15) is 9.59 Å². The van der Waals surface area contributed by atoms with Crippen molar-refractivity contribution in [1.82, 2.24) is 4.90 Å². The molecule has 0 spiro atoms. The number of amides is 1. The number of nitrogens with two attached hydrogens (primary N) is 1. The van der Waals surface area contributed by atoms with Crippen molar-refractivity contribution in [3.05, 3.63) is 48.0 Å². The summed E-state index contributed by atoms with van der Waals surface area (Å²) < 4.78 is 5.54. The van der Waals surface area contributed by atoms with E-state index in [0.717, 1.165) is 16.3 Å². The van der Waals surface area contributed by atoms with Crippen molar-refractivity contribution in [3.8, 4) is 0 Å². The molecule has 2 aromatic rings. The van der Waals surface area contributed by atoms with Crippen molar-refractivity contribution in [2.24, 2.45) is 5.73 Å². The number of carboxylic acid groups (broad SMARTS) is 1. The van der Waals surface area contributed by atoms with Crippen LogP contribution in [0.4, 0.5) is 4.79 Å². The van der Waals surface area contributed by atoms with Crippen LogP contribution in [-0.4, -0.2) is 40.3 Å². The number of hydrogen-bond acceptors (Lipinski definition) is 4. The number of carbonyl (C=O) groups is 2. The number of aliphatic carboxylic acids is 1. The minimum atomic E-state index is -1.000. The first-order valence-corrected chi connectivity index (χ1v) is 9.60. The molecule has 0 saturated heterocycles. The summed E-state index contributed by atoms with van der Waals surface area (Å²) in [6, 6.07) is 13.4. The van der Waals surface area contributed by atoms with E-state index in [-0.39, 0.29) is 6.09 Å². The van der Waals surface area contributed by atoms with Gasteiger partial charge in [-0.3, -0.25) is 4.79 Å². The molecule has 3 N–H and O–H groups in total. The molecule has 0 aliphatic rings. The number of benzene rings is 2. The zero-order chi connectivity index (χ0) is 20.7. The topological polar surface area (TPSA) is 92.9 Å². The minimum Gasteiger partial charge on any atom is -0.480 e. The van der Waals surface area contributed by atoms with Gasteiger partial charge in [0.15, 0.2) is 0 Å². The van der Waals surface area contributed by atoms with Gasteiger partial charge in [-0.05, 0) is 62.4 Å². The van der Waals surface area contributed by atoms with Gasteiger partial charge >= 0.3 is 12.1 Å². The van der Waals surface area contributed by atoms with E-state index in [4.69, 9.17) is 15.6 Å². The van der Waals surface area contributed by atoms with Crippen molar-refractivity contribution in [1.29, 1.82) is 0 Å². The summed E-state index contributed by atoms with van der Waals surface area (Å²) in [4.78, 5) is 25.1. The first-order valence-electron chi connectivity index (χ1n) is 9.60. The molecule has 28 heavy (non-hydrogen) atoms. The second-order valence-electron chi connectivity index (χ2n) is 8.02. The Bertz CT molecular complexity index is 814. The van der Waals surface area contributed by atoms with Crippen LogP contribution in [0, 0.1) is 0 Å². The number of hydrogen-bond donors (Lipinski definition) is 2. The summed E-state index contributed by atoms with van der Waals surface area (Å²) in [5.41, 5.74) is 5.99. The Hall–Kier alpha value is -2.60. The lowest BCUT2D eigenvalue weighted by Gasteiger charge is -2.27. The number of carboxylic acids is 1. The number of rotatable bonds is 8. The highest BCUT2D eigenvalue weighted by atomic mass is 16.6. The third-order valence-corrected chi connectivity index (χ3v) is 4.35. The third-order valence-electron chi connectivity index (χ3n) is 4.35. The number of unbranched alkanes of at least 4 members (excludes halogenated alkanes) is 1. The molecule has 1 atom stereocenters. The average molecular weight is 386 g/mol. The molecule has 152 valence electrons. The molecule has 0 fully saturated rings. The predicted octanol–water partition coefficient (Wildman–Crippen LogP) is 4.16. The highest BCUT2D eigenvalue weighted by Crippen LogP contribution is 2.19. The molecule has 0 aliphatic carbocycles. The van der Waals surface area contributed by atoms with Crippen molar-refractivity contribution in [3.63, 3.8) is 0 Å². The Labute approximate surface area is 166 Å². The van der Waals surface area contributed by atoms with Crippen LogP contribution in [0.2, 0.25) is 0 Å². The van der Waals surface area contributed by atoms with Gasteiger partial charge in [-0.25, -0.2) is 4.79 Å². The Morgan fingerprint density at radius 1 is 1.11 bits per heavy atom. The lowest BCUT2D eigenvalue weighted by molar-refractivity contribution is -0.138. The Balaban J connectivity index is 2.05. The number of ether oxygens (including phenoxy) is 1. The van der Waals surface area contributed by atoms with Gasteiger partial charge in [0.2, 0.25) is 0 Å². The van der Waals surface area contributed by atoms with Crippen LogP contribution >= 0.6 is 0 Å². The van der Waals surface area contributed by atoms with Gasteiger partial charge in [-0.1, -0.05) is 36.4 Å². The van der Waals surface area contributed by atoms with Gasteiger partial charge in [-0.2, -0.15) is 0 Å². The molecule has 0 saturated carbocycles. The number of fused-ring (bicyclic) bond motifs is 1. The Morgan fingerprint density at radius 2 is 1.79 bits per heavy atom. The maximum atomic E-state index is 12.6. The Morgan fingerprint density at radius 3 is 2.43 bits per heavy atom. The normalized spacial score (nSPS) is 12.6. The third kappa shape index (κ3) is 6.85. The van der Waals surface area contributed by atoms with Crippen LogP contribution in [0.3, 0.4) is 0 Å². The van der Waals surface area contributed by atoms with Crippen molar-refractivity contribution in [2.45, 2.75) is 58.2 Å². The van der Waals surface area contributed by atoms with E-state index in [1.54, 1.807) is 4.90 Å². The quantitative estimate of drug-likeness (QED) is 0.665. The van der Waals surface area contributed by atoms with Crippen LogP contribution < -0.4 is 5.73 Å². The van der Waals surface area contributed by atoms with E-state index in [1.165, 1.54) is 0 Å². The molecular weight excluding hydrogens is 356 g/mol. The van der Waals surface area contributed by atoms with E-state index < -0.39 is 17.6 Å². The van der Waals surface area contributed by atoms with Crippen molar-refractivity contribution >= 4 is 22.8 Å². The van der Waals surface area contributed by atoms with Crippen LogP contribution in [0.25, 0.3) is 10.8 Å². The Kier molecular flexibility index (Phi) is 7.40. The standard InChI is InChI=1S/C22H30N2O4/c1-22(2,3)28-21(27)24(13-7-6-10-19(23)20(25)26)15-16-11-12-17-8-4-5-9-18(17)14-16/h4-5,8-9,11-12,14,19H,6-7,10,13,15,23H2,1-3H3,(H,25,26)/t19-/m0/s1. The summed E-state index contributed by atoms with van der Waals surface area (Å²) in [6.45, 7) is 6.43. The molecule has 6 nitrogen and oxygen atoms in total. The SMILES string of the molecule is CC(C)(C)OC(=O)N(CCCC[C@H](N)C(=O)O)Cc1ccc2ccccc2c1. The van der Waals surface area contributed by atoms with E-state index in [2.05, 4.69) is 12.1 Å². The highest BCUT2D eigenvalue weighted by Gasteiger charge is 2.22. The maximum Gasteiger partial charge on any atom is 0.410 e. The minimum absolute atomic E-state index is 0.372. The molecule has 0 aliphatic heterocycles. The smallest absolute Gasteiger partial charge is 0.410 e. The highest BCUT2D eigenvalue weighted by molar-refractivity contribution is 5.83. The van der Waals surface area contributed by atoms with Crippen molar-refractivity contribution in [2.75, 3.05) is 6.54 Å². The fourth-order valence-electron chi connectivity index (χ4n) is 2.91. The molecule has 1 amide bonds. The summed E-state index contributed by atoms with van der Waals surface area (Å²) in [7, 11) is 0. The largest absolute Gasteiger partial charge is 0.480 e. The van der Waals surface area contributed by atoms with Gasteiger partial charge in [0, 0.05) is 13.1 Å². The van der Waals surface area contributed by atoms with E-state index in [1.807, 2.05) is 51.1 Å². The van der Waals surface area contributed by atoms with Crippen LogP contribution in [0.1, 0.15) is 45.6 Å². The van der Waals surface area contributed by atoms with E-state index in [0.29, 0.717) is 32.4 Å². The molecule has 0 radical (unpaired) electrons. The van der Waals surface area contributed by atoms with Crippen LogP contribution in [0.5, 0.6) is 0 Å². The second kappa shape index (κ2) is 9.55. The van der Waals surface area contributed by atoms with Crippen molar-refractivity contribution < 1.29 is 19.4 Å². The molecule has 0 aromatic heterocycles. The van der Waals surface area contributed by atoms with Crippen LogP contribution in [-0.2, 0) is 16.1 Å². The number of carbonyl (C=O) groups excluding carboxylic acids is 1. The lowest BCUT2D eigenvalue weighted by Crippen LogP contribution is -2.37. The molecule has 6 heteroatoms. The lowest BCUT2D eigenvalue weighted by atomic mass is 10.1. The summed E-state index contributed by atoms with van der Waals surface area (Å²) >= 11 is 0. The monoisotopic (exact) mass is 386 g/mol. The molecule has 2 rings (SSSR count). The zero-order valence-corrected chi connectivity index (χ0v) is 16.9. The first-order chi connectivity index (χ1) is 13.2. The molecular formula is C22H30N2O4. The summed E-state index contributed by atoms with van der Waals surface area (Å²) in [5, 5.41) is 11.2. The summed E-state index contributed by atoms with van der Waals surface area (Å²) in [6.07, 6.45) is 1.30. The van der Waals surface area contributed by atoms with Gasteiger partial charge in [0.1, 0.15) is 11.6 Å². The van der Waals surface area contributed by atoms with Gasteiger partial charge in [-0.15, -0.1) is 0 Å². The zero-order valence-electron chi connectivity index (χ0n) is 16.9. The van der Waals surface area contributed by atoms with Gasteiger partial charge in [0.25, 0.3) is 0 Å². The van der Waals surface area contributed by atoms with E-state index >= 15 is 0 Å². The summed E-state index contributed by atoms with van der Waals surface area (Å²) in [5.74, 6) is -1.000. The number of nitrogens with zero attached hydrogens (tertiary/aromatic N) is 1. The fraction of sp³-hybridized carbons (Fsp3) is 0.455. The van der Waals surface area contributed by atoms with Crippen LogP contribution in [0.15, 0.2) is 42.5 Å². The second-order valence-corrected chi connectivity index (χ2v) is 8.02. The van der Waals surface area contributed by atoms with Gasteiger partial charge in [0.05, 0.1) is 0 Å². The average Bonchev–Trinajstić information content (AvgIpc) is 2.62. The maximum absolute atomic E-state index is 12.6. The van der Waals surface area contributed by atoms with Gasteiger partial charge < -0.3 is 20.5 Å². The molecule has 0 heterocycles. The fourth-order valence-corrected chi connectivity index (χ4v) is 2.91. The first kappa shape index (κ1) is 21.7.